The van der Waals surface area contributed by atoms with Gasteiger partial charge in [-0.1, -0.05) is 0 Å². The van der Waals surface area contributed by atoms with E-state index >= 15 is 0 Å². The Balaban J connectivity index is 1.87. The van der Waals surface area contributed by atoms with Crippen LogP contribution in [0.4, 0.5) is 5.13 Å². The van der Waals surface area contributed by atoms with Crippen LogP contribution in [-0.2, 0) is 11.2 Å². The largest absolute Gasteiger partial charge is 0.481 e. The molecule has 0 saturated heterocycles. The number of hydrogen-bond donors (Lipinski definition) is 3. The molecule has 2 aromatic rings. The van der Waals surface area contributed by atoms with Gasteiger partial charge in [0.25, 0.3) is 5.91 Å². The molecule has 2 heterocycles. The van der Waals surface area contributed by atoms with Gasteiger partial charge in [0.05, 0.1) is 5.69 Å². The Morgan fingerprint density at radius 2 is 2.32 bits per heavy atom. The van der Waals surface area contributed by atoms with Crippen LogP contribution in [-0.4, -0.2) is 32.2 Å². The van der Waals surface area contributed by atoms with Crippen molar-refractivity contribution in [3.63, 3.8) is 0 Å². The first-order chi connectivity index (χ1) is 9.15. The molecule has 100 valence electrons. The number of aryl methyl sites for hydroxylation is 1. The van der Waals surface area contributed by atoms with Crippen LogP contribution < -0.4 is 5.32 Å². The van der Waals surface area contributed by atoms with E-state index in [1.807, 2.05) is 5.38 Å². The van der Waals surface area contributed by atoms with Crippen LogP contribution in [0, 0.1) is 0 Å². The average molecular weight is 280 g/mol. The number of aromatic amines is 1. The normalized spacial score (nSPS) is 10.3. The lowest BCUT2D eigenvalue weighted by Crippen LogP contribution is -2.12. The van der Waals surface area contributed by atoms with Crippen LogP contribution in [0.5, 0.6) is 0 Å². The summed E-state index contributed by atoms with van der Waals surface area (Å²) in [6.07, 6.45) is 2.73. The highest BCUT2D eigenvalue weighted by Crippen LogP contribution is 2.17. The lowest BCUT2D eigenvalue weighted by Gasteiger charge is -1.97. The van der Waals surface area contributed by atoms with Crippen LogP contribution in [0.2, 0.25) is 0 Å². The first-order valence-corrected chi connectivity index (χ1v) is 6.50. The fourth-order valence-electron chi connectivity index (χ4n) is 1.45. The van der Waals surface area contributed by atoms with E-state index in [-0.39, 0.29) is 12.3 Å². The van der Waals surface area contributed by atoms with E-state index in [1.165, 1.54) is 17.5 Å². The number of anilines is 1. The summed E-state index contributed by atoms with van der Waals surface area (Å²) < 4.78 is 0. The fourth-order valence-corrected chi connectivity index (χ4v) is 2.19. The summed E-state index contributed by atoms with van der Waals surface area (Å²) in [5, 5.41) is 19.7. The van der Waals surface area contributed by atoms with E-state index in [0.29, 0.717) is 23.7 Å². The highest BCUT2D eigenvalue weighted by Gasteiger charge is 2.10. The molecule has 0 unspecified atom stereocenters. The third kappa shape index (κ3) is 3.88. The average Bonchev–Trinajstić information content (AvgIpc) is 2.99. The van der Waals surface area contributed by atoms with E-state index in [9.17, 15) is 9.59 Å². The van der Waals surface area contributed by atoms with Gasteiger partial charge in [0.1, 0.15) is 5.69 Å². The standard InChI is InChI=1S/C11H12N4O3S/c16-9(17)3-1-2-7-6-19-11(13-7)14-10(18)8-4-5-12-15-8/h4-6H,1-3H2,(H,12,15)(H,16,17)(H,13,14,18). The summed E-state index contributed by atoms with van der Waals surface area (Å²) in [6.45, 7) is 0. The van der Waals surface area contributed by atoms with Gasteiger partial charge in [-0.15, -0.1) is 11.3 Å². The third-order valence-electron chi connectivity index (χ3n) is 2.34. The first-order valence-electron chi connectivity index (χ1n) is 5.62. The van der Waals surface area contributed by atoms with Crippen molar-refractivity contribution in [1.29, 1.82) is 0 Å². The molecule has 1 amide bonds. The molecule has 0 fully saturated rings. The van der Waals surface area contributed by atoms with Crippen molar-refractivity contribution in [2.24, 2.45) is 0 Å². The van der Waals surface area contributed by atoms with Crippen molar-refractivity contribution in [2.75, 3.05) is 5.32 Å². The number of nitrogens with one attached hydrogen (secondary N) is 2. The minimum atomic E-state index is -0.817. The molecule has 0 bridgehead atoms. The Morgan fingerprint density at radius 1 is 1.47 bits per heavy atom. The molecular formula is C11H12N4O3S. The predicted octanol–water partition coefficient (Wildman–Crippen LogP) is 1.53. The number of nitrogens with zero attached hydrogens (tertiary/aromatic N) is 2. The number of carboxylic acid groups (broad SMARTS) is 1. The summed E-state index contributed by atoms with van der Waals surface area (Å²) in [5.74, 6) is -1.12. The van der Waals surface area contributed by atoms with Gasteiger partial charge in [-0.05, 0) is 18.9 Å². The smallest absolute Gasteiger partial charge is 0.303 e. The van der Waals surface area contributed by atoms with E-state index < -0.39 is 5.97 Å². The minimum absolute atomic E-state index is 0.118. The highest BCUT2D eigenvalue weighted by molar-refractivity contribution is 7.13. The molecule has 0 aliphatic carbocycles. The van der Waals surface area contributed by atoms with Gasteiger partial charge in [-0.3, -0.25) is 20.0 Å². The van der Waals surface area contributed by atoms with Crippen molar-refractivity contribution in [2.45, 2.75) is 19.3 Å². The molecule has 0 radical (unpaired) electrons. The van der Waals surface area contributed by atoms with Crippen LogP contribution in [0.25, 0.3) is 0 Å². The third-order valence-corrected chi connectivity index (χ3v) is 3.15. The van der Waals surface area contributed by atoms with E-state index in [4.69, 9.17) is 5.11 Å². The van der Waals surface area contributed by atoms with Gasteiger partial charge in [0, 0.05) is 18.0 Å². The number of carbonyl (C=O) groups is 2. The molecule has 8 heteroatoms. The minimum Gasteiger partial charge on any atom is -0.481 e. The number of H-pyrrole nitrogens is 1. The Bertz CT molecular complexity index is 564. The maximum Gasteiger partial charge on any atom is 0.303 e. The zero-order valence-corrected chi connectivity index (χ0v) is 10.7. The Morgan fingerprint density at radius 3 is 3.00 bits per heavy atom. The van der Waals surface area contributed by atoms with Crippen LogP contribution in [0.3, 0.4) is 0 Å². The number of carbonyl (C=O) groups excluding carboxylic acids is 1. The first kappa shape index (κ1) is 13.2. The number of amides is 1. The summed E-state index contributed by atoms with van der Waals surface area (Å²) in [7, 11) is 0. The quantitative estimate of drug-likeness (QED) is 0.743. The Kier molecular flexibility index (Phi) is 4.24. The van der Waals surface area contributed by atoms with Gasteiger partial charge in [-0.25, -0.2) is 4.98 Å². The molecule has 19 heavy (non-hydrogen) atoms. The lowest BCUT2D eigenvalue weighted by atomic mass is 10.2. The van der Waals surface area contributed by atoms with Gasteiger partial charge in [-0.2, -0.15) is 5.10 Å². The summed E-state index contributed by atoms with van der Waals surface area (Å²) >= 11 is 1.31. The molecule has 0 saturated carbocycles. The van der Waals surface area contributed by atoms with Gasteiger partial charge < -0.3 is 5.11 Å². The Hall–Kier alpha value is -2.22. The second-order valence-corrected chi connectivity index (χ2v) is 4.67. The second-order valence-electron chi connectivity index (χ2n) is 3.82. The lowest BCUT2D eigenvalue weighted by molar-refractivity contribution is -0.137. The van der Waals surface area contributed by atoms with E-state index in [2.05, 4.69) is 20.5 Å². The predicted molar refractivity (Wildman–Crippen MR) is 69.2 cm³/mol. The van der Waals surface area contributed by atoms with E-state index in [1.54, 1.807) is 6.07 Å². The number of aliphatic carboxylic acids is 1. The number of aromatic nitrogens is 3. The molecule has 2 rings (SSSR count). The molecule has 0 aliphatic rings. The SMILES string of the molecule is O=C(O)CCCc1csc(NC(=O)c2ccn[nH]2)n1. The number of rotatable bonds is 6. The maximum atomic E-state index is 11.7. The zero-order chi connectivity index (χ0) is 13.7. The number of hydrogen-bond acceptors (Lipinski definition) is 5. The molecule has 2 aromatic heterocycles. The highest BCUT2D eigenvalue weighted by atomic mass is 32.1. The molecular weight excluding hydrogens is 268 g/mol. The Labute approximate surface area is 112 Å². The van der Waals surface area contributed by atoms with Gasteiger partial charge in [0.15, 0.2) is 5.13 Å². The van der Waals surface area contributed by atoms with Gasteiger partial charge in [0.2, 0.25) is 0 Å². The van der Waals surface area contributed by atoms with Crippen molar-refractivity contribution in [1.82, 2.24) is 15.2 Å². The monoisotopic (exact) mass is 280 g/mol. The zero-order valence-electron chi connectivity index (χ0n) is 9.92. The molecule has 0 spiro atoms. The van der Waals surface area contributed by atoms with Crippen molar-refractivity contribution < 1.29 is 14.7 Å². The van der Waals surface area contributed by atoms with E-state index in [0.717, 1.165) is 5.69 Å². The topological polar surface area (TPSA) is 108 Å². The molecule has 3 N–H and O–H groups in total. The number of thiazole rings is 1. The van der Waals surface area contributed by atoms with Crippen LogP contribution in [0.15, 0.2) is 17.6 Å². The molecule has 0 aliphatic heterocycles. The van der Waals surface area contributed by atoms with Gasteiger partial charge >= 0.3 is 5.97 Å². The van der Waals surface area contributed by atoms with Crippen LogP contribution in [0.1, 0.15) is 29.0 Å². The molecule has 0 aromatic carbocycles. The summed E-state index contributed by atoms with van der Waals surface area (Å²) in [4.78, 5) is 26.3. The van der Waals surface area contributed by atoms with Crippen molar-refractivity contribution in [3.8, 4) is 0 Å². The number of carboxylic acids is 1. The van der Waals surface area contributed by atoms with Crippen molar-refractivity contribution >= 4 is 28.3 Å². The molecule has 7 nitrogen and oxygen atoms in total. The molecule has 0 atom stereocenters. The summed E-state index contributed by atoms with van der Waals surface area (Å²) in [5.41, 5.74) is 1.15. The van der Waals surface area contributed by atoms with Crippen molar-refractivity contribution in [3.05, 3.63) is 29.0 Å². The fraction of sp³-hybridized carbons (Fsp3) is 0.273. The summed E-state index contributed by atoms with van der Waals surface area (Å²) in [6, 6.07) is 1.57. The second kappa shape index (κ2) is 6.10. The van der Waals surface area contributed by atoms with Crippen LogP contribution >= 0.6 is 11.3 Å². The maximum absolute atomic E-state index is 11.7.